The van der Waals surface area contributed by atoms with E-state index in [0.29, 0.717) is 6.54 Å². The number of rotatable bonds is 2. The minimum absolute atomic E-state index is 0.336. The Morgan fingerprint density at radius 2 is 1.62 bits per heavy atom. The van der Waals surface area contributed by atoms with Crippen LogP contribution >= 0.6 is 0 Å². The molecule has 0 radical (unpaired) electrons. The summed E-state index contributed by atoms with van der Waals surface area (Å²) in [6, 6.07) is 0. The average Bonchev–Trinajstić information content (AvgIpc) is 2.30. The van der Waals surface area contributed by atoms with Crippen molar-refractivity contribution in [1.82, 2.24) is 5.01 Å². The van der Waals surface area contributed by atoms with Crippen molar-refractivity contribution < 1.29 is 9.59 Å². The van der Waals surface area contributed by atoms with Crippen molar-refractivity contribution in [3.8, 4) is 0 Å². The molecule has 1 aliphatic rings. The van der Waals surface area contributed by atoms with Gasteiger partial charge >= 0.3 is 0 Å². The van der Waals surface area contributed by atoms with Gasteiger partial charge in [-0.3, -0.25) is 5.01 Å². The molecule has 0 aromatic heterocycles. The smallest absolute Gasteiger partial charge is 0.258 e. The van der Waals surface area contributed by atoms with Crippen molar-refractivity contribution in [3.05, 3.63) is 0 Å². The van der Waals surface area contributed by atoms with Crippen LogP contribution in [0.5, 0.6) is 0 Å². The Bertz CT molecular complexity index is 264. The minimum atomic E-state index is -0.336. The third-order valence-corrected chi connectivity index (χ3v) is 2.81. The second-order valence-corrected chi connectivity index (χ2v) is 3.97. The van der Waals surface area contributed by atoms with E-state index in [1.165, 1.54) is 18.9 Å². The molecule has 1 unspecified atom stereocenters. The molecule has 5 nitrogen and oxygen atoms in total. The van der Waals surface area contributed by atoms with Gasteiger partial charge in [0.05, 0.1) is 0 Å². The summed E-state index contributed by atoms with van der Waals surface area (Å²) in [4.78, 5) is 24.3. The zero-order chi connectivity index (χ0) is 11.6. The molecule has 0 spiro atoms. The molecular formula is C11H17N3O2. The van der Waals surface area contributed by atoms with Gasteiger partial charge in [-0.05, 0) is 19.3 Å². The third-order valence-electron chi connectivity index (χ3n) is 2.81. The molecule has 0 N–H and O–H groups in total. The largest absolute Gasteiger partial charge is 0.261 e. The van der Waals surface area contributed by atoms with Gasteiger partial charge in [-0.2, -0.15) is 4.99 Å². The Morgan fingerprint density at radius 1 is 0.938 bits per heavy atom. The SMILES string of the molecule is O=C=NC1CCCCCCCCN1N=C=O. The molecule has 16 heavy (non-hydrogen) atoms. The van der Waals surface area contributed by atoms with Crippen LogP contribution in [0.3, 0.4) is 0 Å². The van der Waals surface area contributed by atoms with Crippen LogP contribution in [0, 0.1) is 0 Å². The summed E-state index contributed by atoms with van der Waals surface area (Å²) < 4.78 is 0. The Labute approximate surface area is 95.2 Å². The molecule has 1 atom stereocenters. The van der Waals surface area contributed by atoms with Crippen LogP contribution < -0.4 is 0 Å². The molecule has 1 heterocycles. The fourth-order valence-electron chi connectivity index (χ4n) is 1.97. The van der Waals surface area contributed by atoms with Gasteiger partial charge in [0.1, 0.15) is 6.17 Å². The van der Waals surface area contributed by atoms with Crippen molar-refractivity contribution in [2.24, 2.45) is 10.1 Å². The first-order chi connectivity index (χ1) is 7.88. The first kappa shape index (κ1) is 12.6. The van der Waals surface area contributed by atoms with Crippen LogP contribution in [0.4, 0.5) is 0 Å². The second-order valence-electron chi connectivity index (χ2n) is 3.97. The summed E-state index contributed by atoms with van der Waals surface area (Å²) >= 11 is 0. The first-order valence-electron chi connectivity index (χ1n) is 5.80. The highest BCUT2D eigenvalue weighted by molar-refractivity contribution is 5.34. The number of hydrogen-bond acceptors (Lipinski definition) is 5. The lowest BCUT2D eigenvalue weighted by atomic mass is 10.1. The molecule has 0 bridgehead atoms. The van der Waals surface area contributed by atoms with Gasteiger partial charge in [-0.15, -0.1) is 0 Å². The van der Waals surface area contributed by atoms with Crippen LogP contribution in [0.1, 0.15) is 44.9 Å². The molecule has 1 fully saturated rings. The molecule has 0 aliphatic carbocycles. The number of hydrogen-bond donors (Lipinski definition) is 0. The van der Waals surface area contributed by atoms with Gasteiger partial charge in [0.25, 0.3) is 6.08 Å². The van der Waals surface area contributed by atoms with Gasteiger partial charge in [0.2, 0.25) is 6.08 Å². The maximum absolute atomic E-state index is 10.3. The van der Waals surface area contributed by atoms with Crippen LogP contribution in [-0.2, 0) is 9.59 Å². The van der Waals surface area contributed by atoms with Crippen molar-refractivity contribution in [3.63, 3.8) is 0 Å². The Morgan fingerprint density at radius 3 is 2.31 bits per heavy atom. The van der Waals surface area contributed by atoms with E-state index in [0.717, 1.165) is 32.1 Å². The number of aliphatic imine (C=N–C) groups is 1. The fourth-order valence-corrected chi connectivity index (χ4v) is 1.97. The highest BCUT2D eigenvalue weighted by Crippen LogP contribution is 2.17. The highest BCUT2D eigenvalue weighted by Gasteiger charge is 2.16. The summed E-state index contributed by atoms with van der Waals surface area (Å²) in [5.74, 6) is 0. The maximum atomic E-state index is 10.3. The van der Waals surface area contributed by atoms with Gasteiger partial charge in [-0.1, -0.05) is 30.8 Å². The highest BCUT2D eigenvalue weighted by atomic mass is 16.1. The molecule has 1 saturated heterocycles. The molecular weight excluding hydrogens is 206 g/mol. The third kappa shape index (κ3) is 4.39. The lowest BCUT2D eigenvalue weighted by molar-refractivity contribution is 0.187. The topological polar surface area (TPSA) is 62.1 Å². The molecule has 0 aromatic rings. The summed E-state index contributed by atoms with van der Waals surface area (Å²) in [6.07, 6.45) is 10.2. The predicted molar refractivity (Wildman–Crippen MR) is 59.1 cm³/mol. The van der Waals surface area contributed by atoms with E-state index >= 15 is 0 Å². The number of nitrogens with zero attached hydrogens (tertiary/aromatic N) is 3. The first-order valence-corrected chi connectivity index (χ1v) is 5.80. The van der Waals surface area contributed by atoms with E-state index in [1.54, 1.807) is 11.1 Å². The van der Waals surface area contributed by atoms with Gasteiger partial charge in [0.15, 0.2) is 0 Å². The van der Waals surface area contributed by atoms with Gasteiger partial charge in [0, 0.05) is 6.54 Å². The van der Waals surface area contributed by atoms with E-state index in [4.69, 9.17) is 0 Å². The zero-order valence-corrected chi connectivity index (χ0v) is 9.39. The van der Waals surface area contributed by atoms with E-state index in [1.807, 2.05) is 0 Å². The van der Waals surface area contributed by atoms with E-state index in [9.17, 15) is 9.59 Å². The lowest BCUT2D eigenvalue weighted by Gasteiger charge is -2.24. The molecule has 5 heteroatoms. The van der Waals surface area contributed by atoms with Gasteiger partial charge in [-0.25, -0.2) is 9.59 Å². The fraction of sp³-hybridized carbons (Fsp3) is 0.818. The molecule has 0 amide bonds. The van der Waals surface area contributed by atoms with Crippen molar-refractivity contribution in [2.45, 2.75) is 51.1 Å². The standard InChI is InChI=1S/C11H17N3O2/c15-9-12-11-7-5-3-1-2-4-6-8-14(11)13-10-16/h11H,1-8H2. The van der Waals surface area contributed by atoms with Gasteiger partial charge < -0.3 is 0 Å². The summed E-state index contributed by atoms with van der Waals surface area (Å²) in [7, 11) is 0. The second kappa shape index (κ2) is 7.80. The van der Waals surface area contributed by atoms with Crippen molar-refractivity contribution in [1.29, 1.82) is 0 Å². The monoisotopic (exact) mass is 223 g/mol. The summed E-state index contributed by atoms with van der Waals surface area (Å²) in [5.41, 5.74) is 0. The van der Waals surface area contributed by atoms with Crippen LogP contribution in [-0.4, -0.2) is 29.9 Å². The molecule has 1 rings (SSSR count). The average molecular weight is 223 g/mol. The van der Waals surface area contributed by atoms with Crippen LogP contribution in [0.2, 0.25) is 0 Å². The zero-order valence-electron chi connectivity index (χ0n) is 9.39. The number of isocyanates is 2. The van der Waals surface area contributed by atoms with Crippen LogP contribution in [0.15, 0.2) is 10.1 Å². The molecule has 0 saturated carbocycles. The van der Waals surface area contributed by atoms with E-state index < -0.39 is 0 Å². The summed E-state index contributed by atoms with van der Waals surface area (Å²) in [6.45, 7) is 0.658. The van der Waals surface area contributed by atoms with E-state index in [2.05, 4.69) is 10.1 Å². The molecule has 88 valence electrons. The minimum Gasteiger partial charge on any atom is -0.261 e. The molecule has 0 aromatic carbocycles. The Kier molecular flexibility index (Phi) is 6.16. The lowest BCUT2D eigenvalue weighted by Crippen LogP contribution is -2.30. The predicted octanol–water partition coefficient (Wildman–Crippen LogP) is 1.95. The Hall–Kier alpha value is -1.44. The quantitative estimate of drug-likeness (QED) is 0.531. The maximum Gasteiger partial charge on any atom is 0.258 e. The number of hydrazone groups is 1. The normalized spacial score (nSPS) is 22.8. The molecule has 1 aliphatic heterocycles. The van der Waals surface area contributed by atoms with Crippen LogP contribution in [0.25, 0.3) is 0 Å². The van der Waals surface area contributed by atoms with Crippen molar-refractivity contribution in [2.75, 3.05) is 6.54 Å². The van der Waals surface area contributed by atoms with E-state index in [-0.39, 0.29) is 6.17 Å². The summed E-state index contributed by atoms with van der Waals surface area (Å²) in [5, 5.41) is 5.17. The Balaban J connectivity index is 2.67. The number of carbonyl (C=O) groups excluding carboxylic acids is 2. The van der Waals surface area contributed by atoms with Crippen molar-refractivity contribution >= 4 is 12.2 Å².